The molecule has 0 spiro atoms. The number of nitrogens with zero attached hydrogens (tertiary/aromatic N) is 2. The van der Waals surface area contributed by atoms with E-state index < -0.39 is 0 Å². The van der Waals surface area contributed by atoms with E-state index in [2.05, 4.69) is 36.1 Å². The summed E-state index contributed by atoms with van der Waals surface area (Å²) in [6, 6.07) is 9.13. The zero-order valence-electron chi connectivity index (χ0n) is 14.3. The SMILES string of the molecule is Cc1ccc(CN2C[C@H](C(=O)N3CCCO3)C[C@@H]3OCC[C@@H]32)cc1. The van der Waals surface area contributed by atoms with Crippen LogP contribution in [0.2, 0.25) is 0 Å². The van der Waals surface area contributed by atoms with E-state index >= 15 is 0 Å². The fourth-order valence-corrected chi connectivity index (χ4v) is 4.17. The number of aryl methyl sites for hydroxylation is 1. The third-order valence-corrected chi connectivity index (χ3v) is 5.47. The van der Waals surface area contributed by atoms with E-state index in [4.69, 9.17) is 9.57 Å². The number of fused-ring (bicyclic) bond motifs is 1. The molecule has 0 aromatic heterocycles. The summed E-state index contributed by atoms with van der Waals surface area (Å²) >= 11 is 0. The minimum atomic E-state index is -0.0205. The van der Waals surface area contributed by atoms with Gasteiger partial charge in [-0.05, 0) is 31.7 Å². The lowest BCUT2D eigenvalue weighted by Gasteiger charge is -2.41. The fraction of sp³-hybridized carbons (Fsp3) is 0.632. The maximum atomic E-state index is 12.8. The maximum absolute atomic E-state index is 12.8. The van der Waals surface area contributed by atoms with Crippen LogP contribution in [0.15, 0.2) is 24.3 Å². The molecule has 0 N–H and O–H groups in total. The predicted molar refractivity (Wildman–Crippen MR) is 90.1 cm³/mol. The highest BCUT2D eigenvalue weighted by Gasteiger charge is 2.43. The van der Waals surface area contributed by atoms with E-state index in [0.29, 0.717) is 12.6 Å². The molecule has 3 aliphatic rings. The molecule has 3 atom stereocenters. The second-order valence-electron chi connectivity index (χ2n) is 7.24. The number of carbonyl (C=O) groups is 1. The molecule has 0 saturated carbocycles. The number of hydroxylamine groups is 2. The standard InChI is InChI=1S/C19H26N2O3/c1-14-3-5-15(6-4-14)12-20-13-16(11-18-17(20)7-10-23-18)19(22)21-8-2-9-24-21/h3-6,16-18H,2,7-13H2,1H3/t16-,17+,18+/m1/s1. The lowest BCUT2D eigenvalue weighted by atomic mass is 9.89. The smallest absolute Gasteiger partial charge is 0.250 e. The van der Waals surface area contributed by atoms with Gasteiger partial charge in [0.1, 0.15) is 0 Å². The van der Waals surface area contributed by atoms with Gasteiger partial charge in [0.05, 0.1) is 25.2 Å². The summed E-state index contributed by atoms with van der Waals surface area (Å²) in [7, 11) is 0. The van der Waals surface area contributed by atoms with Crippen molar-refractivity contribution in [3.63, 3.8) is 0 Å². The van der Waals surface area contributed by atoms with E-state index in [1.807, 2.05) is 0 Å². The summed E-state index contributed by atoms with van der Waals surface area (Å²) in [6.07, 6.45) is 3.01. The predicted octanol–water partition coefficient (Wildman–Crippen LogP) is 2.14. The van der Waals surface area contributed by atoms with Crippen molar-refractivity contribution in [1.29, 1.82) is 0 Å². The highest BCUT2D eigenvalue weighted by Crippen LogP contribution is 2.33. The molecule has 3 saturated heterocycles. The van der Waals surface area contributed by atoms with Crippen molar-refractivity contribution in [1.82, 2.24) is 9.96 Å². The van der Waals surface area contributed by atoms with Gasteiger partial charge in [0.15, 0.2) is 0 Å². The molecule has 5 heteroatoms. The molecule has 24 heavy (non-hydrogen) atoms. The molecule has 3 aliphatic heterocycles. The van der Waals surface area contributed by atoms with Gasteiger partial charge in [-0.25, -0.2) is 5.06 Å². The van der Waals surface area contributed by atoms with Crippen LogP contribution in [-0.4, -0.2) is 54.3 Å². The number of rotatable bonds is 3. The first-order valence-electron chi connectivity index (χ1n) is 9.06. The Kier molecular flexibility index (Phi) is 4.57. The minimum Gasteiger partial charge on any atom is -0.377 e. The minimum absolute atomic E-state index is 0.0205. The molecule has 3 fully saturated rings. The number of ether oxygens (including phenoxy) is 1. The number of carbonyl (C=O) groups excluding carboxylic acids is 1. The molecule has 0 unspecified atom stereocenters. The third kappa shape index (κ3) is 3.21. The second kappa shape index (κ2) is 6.82. The highest BCUT2D eigenvalue weighted by atomic mass is 16.7. The van der Waals surface area contributed by atoms with Gasteiger partial charge in [-0.1, -0.05) is 29.8 Å². The van der Waals surface area contributed by atoms with E-state index in [9.17, 15) is 4.79 Å². The van der Waals surface area contributed by atoms with Gasteiger partial charge in [0, 0.05) is 25.7 Å². The molecule has 130 valence electrons. The monoisotopic (exact) mass is 330 g/mol. The normalized spacial score (nSPS) is 30.5. The van der Waals surface area contributed by atoms with Crippen molar-refractivity contribution in [2.45, 2.75) is 44.9 Å². The molecule has 1 aromatic carbocycles. The van der Waals surface area contributed by atoms with E-state index in [1.54, 1.807) is 5.06 Å². The molecule has 1 amide bonds. The van der Waals surface area contributed by atoms with Crippen LogP contribution < -0.4 is 0 Å². The van der Waals surface area contributed by atoms with Crippen molar-refractivity contribution < 1.29 is 14.4 Å². The number of hydrogen-bond acceptors (Lipinski definition) is 4. The Morgan fingerprint density at radius 3 is 2.83 bits per heavy atom. The summed E-state index contributed by atoms with van der Waals surface area (Å²) in [5, 5.41) is 1.57. The van der Waals surface area contributed by atoms with E-state index in [-0.39, 0.29) is 17.9 Å². The molecule has 0 radical (unpaired) electrons. The van der Waals surface area contributed by atoms with Crippen molar-refractivity contribution in [2.75, 3.05) is 26.3 Å². The van der Waals surface area contributed by atoms with Crippen LogP contribution in [0, 0.1) is 12.8 Å². The van der Waals surface area contributed by atoms with Crippen molar-refractivity contribution in [3.05, 3.63) is 35.4 Å². The maximum Gasteiger partial charge on any atom is 0.250 e. The first kappa shape index (κ1) is 16.1. The Morgan fingerprint density at radius 2 is 2.08 bits per heavy atom. The number of hydrogen-bond donors (Lipinski definition) is 0. The van der Waals surface area contributed by atoms with Crippen LogP contribution in [0.4, 0.5) is 0 Å². The van der Waals surface area contributed by atoms with Gasteiger partial charge >= 0.3 is 0 Å². The number of amides is 1. The molecule has 0 bridgehead atoms. The summed E-state index contributed by atoms with van der Waals surface area (Å²) in [5.41, 5.74) is 2.58. The Labute approximate surface area is 143 Å². The summed E-state index contributed by atoms with van der Waals surface area (Å²) in [4.78, 5) is 20.7. The highest BCUT2D eigenvalue weighted by molar-refractivity contribution is 5.78. The molecule has 4 rings (SSSR count). The van der Waals surface area contributed by atoms with E-state index in [1.165, 1.54) is 11.1 Å². The van der Waals surface area contributed by atoms with Crippen LogP contribution in [0.3, 0.4) is 0 Å². The number of piperidine rings is 1. The topological polar surface area (TPSA) is 42.0 Å². The van der Waals surface area contributed by atoms with Gasteiger partial charge in [-0.15, -0.1) is 0 Å². The largest absolute Gasteiger partial charge is 0.377 e. The quantitative estimate of drug-likeness (QED) is 0.851. The number of benzene rings is 1. The lowest BCUT2D eigenvalue weighted by molar-refractivity contribution is -0.177. The van der Waals surface area contributed by atoms with Gasteiger partial charge in [0.25, 0.3) is 5.91 Å². The molecule has 3 heterocycles. The molecule has 1 aromatic rings. The Hall–Kier alpha value is -1.43. The van der Waals surface area contributed by atoms with Crippen LogP contribution >= 0.6 is 0 Å². The molecule has 0 aliphatic carbocycles. The van der Waals surface area contributed by atoms with Crippen LogP contribution in [0.25, 0.3) is 0 Å². The Morgan fingerprint density at radius 1 is 1.25 bits per heavy atom. The summed E-state index contributed by atoms with van der Waals surface area (Å²) in [6.45, 7) is 5.99. The van der Waals surface area contributed by atoms with Crippen molar-refractivity contribution >= 4 is 5.91 Å². The van der Waals surface area contributed by atoms with Gasteiger partial charge in [-0.2, -0.15) is 0 Å². The molecular formula is C19H26N2O3. The lowest BCUT2D eigenvalue weighted by Crippen LogP contribution is -2.52. The Bertz CT molecular complexity index is 583. The summed E-state index contributed by atoms with van der Waals surface area (Å²) in [5.74, 6) is 0.114. The van der Waals surface area contributed by atoms with E-state index in [0.717, 1.165) is 45.5 Å². The zero-order valence-corrected chi connectivity index (χ0v) is 14.3. The third-order valence-electron chi connectivity index (χ3n) is 5.47. The van der Waals surface area contributed by atoms with Crippen molar-refractivity contribution in [2.24, 2.45) is 5.92 Å². The average Bonchev–Trinajstić information content (AvgIpc) is 3.27. The van der Waals surface area contributed by atoms with Gasteiger partial charge in [0.2, 0.25) is 0 Å². The van der Waals surface area contributed by atoms with Crippen LogP contribution in [0.1, 0.15) is 30.4 Å². The zero-order chi connectivity index (χ0) is 16.5. The fourth-order valence-electron chi connectivity index (χ4n) is 4.17. The first-order valence-corrected chi connectivity index (χ1v) is 9.06. The van der Waals surface area contributed by atoms with Crippen molar-refractivity contribution in [3.8, 4) is 0 Å². The van der Waals surface area contributed by atoms with Crippen LogP contribution in [0.5, 0.6) is 0 Å². The summed E-state index contributed by atoms with van der Waals surface area (Å²) < 4.78 is 5.93. The molecular weight excluding hydrogens is 304 g/mol. The second-order valence-corrected chi connectivity index (χ2v) is 7.24. The van der Waals surface area contributed by atoms with Gasteiger partial charge in [-0.3, -0.25) is 14.5 Å². The molecule has 5 nitrogen and oxygen atoms in total. The van der Waals surface area contributed by atoms with Gasteiger partial charge < -0.3 is 4.74 Å². The Balaban J connectivity index is 1.48. The first-order chi connectivity index (χ1) is 11.7. The van der Waals surface area contributed by atoms with Crippen LogP contribution in [-0.2, 0) is 20.9 Å². The average molecular weight is 330 g/mol. The number of likely N-dealkylation sites (tertiary alicyclic amines) is 1.